The number of rotatable bonds is 5. The first kappa shape index (κ1) is 13.3. The van der Waals surface area contributed by atoms with Gasteiger partial charge in [-0.3, -0.25) is 0 Å². The highest BCUT2D eigenvalue weighted by molar-refractivity contribution is 6.32. The average Bonchev–Trinajstić information content (AvgIpc) is 2.31. The Labute approximate surface area is 105 Å². The van der Waals surface area contributed by atoms with Crippen molar-refractivity contribution in [2.45, 2.75) is 6.42 Å². The number of phenolic OH excluding ortho intramolecular Hbond substituents is 1. The van der Waals surface area contributed by atoms with E-state index in [4.69, 9.17) is 16.3 Å². The number of esters is 1. The van der Waals surface area contributed by atoms with Gasteiger partial charge < -0.3 is 9.84 Å². The fourth-order valence-corrected chi connectivity index (χ4v) is 1.54. The van der Waals surface area contributed by atoms with Crippen molar-refractivity contribution in [1.82, 2.24) is 0 Å². The zero-order chi connectivity index (χ0) is 12.8. The molecule has 0 amide bonds. The zero-order valence-electron chi connectivity index (χ0n) is 9.28. The highest BCUT2D eigenvalue weighted by atomic mass is 35.5. The van der Waals surface area contributed by atoms with Crippen LogP contribution in [0.15, 0.2) is 37.4 Å². The van der Waals surface area contributed by atoms with Crippen LogP contribution in [0.25, 0.3) is 0 Å². The molecule has 0 aromatic heterocycles. The van der Waals surface area contributed by atoms with E-state index < -0.39 is 5.97 Å². The van der Waals surface area contributed by atoms with E-state index in [1.165, 1.54) is 18.2 Å². The molecule has 0 saturated heterocycles. The number of halogens is 1. The standard InChI is InChI=1S/C13H13ClO3/c1-3-5-9-7-10(8-11(14)12(9)15)13(16)17-6-4-2/h3-4,7-8,15H,1-2,5-6H2. The molecule has 4 heteroatoms. The third kappa shape index (κ3) is 3.36. The van der Waals surface area contributed by atoms with E-state index in [1.807, 2.05) is 0 Å². The van der Waals surface area contributed by atoms with Crippen molar-refractivity contribution in [2.24, 2.45) is 0 Å². The van der Waals surface area contributed by atoms with Crippen LogP contribution in [0, 0.1) is 0 Å². The van der Waals surface area contributed by atoms with Gasteiger partial charge in [-0.2, -0.15) is 0 Å². The lowest BCUT2D eigenvalue weighted by atomic mass is 10.1. The lowest BCUT2D eigenvalue weighted by molar-refractivity contribution is 0.0549. The molecule has 90 valence electrons. The van der Waals surface area contributed by atoms with Gasteiger partial charge in [0.25, 0.3) is 0 Å². The quantitative estimate of drug-likeness (QED) is 0.647. The molecule has 1 N–H and O–H groups in total. The molecule has 0 bridgehead atoms. The molecule has 0 saturated carbocycles. The lowest BCUT2D eigenvalue weighted by Crippen LogP contribution is -2.05. The predicted octanol–water partition coefficient (Wildman–Crippen LogP) is 3.12. The molecule has 17 heavy (non-hydrogen) atoms. The first-order chi connectivity index (χ1) is 8.10. The summed E-state index contributed by atoms with van der Waals surface area (Å²) < 4.78 is 4.88. The normalized spacial score (nSPS) is 9.71. The molecule has 0 fully saturated rings. The molecule has 1 rings (SSSR count). The van der Waals surface area contributed by atoms with Gasteiger partial charge in [0.05, 0.1) is 10.6 Å². The highest BCUT2D eigenvalue weighted by Gasteiger charge is 2.13. The highest BCUT2D eigenvalue weighted by Crippen LogP contribution is 2.29. The zero-order valence-corrected chi connectivity index (χ0v) is 10.0. The van der Waals surface area contributed by atoms with Crippen LogP contribution >= 0.6 is 11.6 Å². The maximum Gasteiger partial charge on any atom is 0.338 e. The van der Waals surface area contributed by atoms with E-state index in [0.29, 0.717) is 17.5 Å². The van der Waals surface area contributed by atoms with Crippen LogP contribution in [0.1, 0.15) is 15.9 Å². The van der Waals surface area contributed by atoms with Crippen LogP contribution in [0.4, 0.5) is 0 Å². The van der Waals surface area contributed by atoms with E-state index >= 15 is 0 Å². The largest absolute Gasteiger partial charge is 0.506 e. The number of hydrogen-bond donors (Lipinski definition) is 1. The van der Waals surface area contributed by atoms with Crippen molar-refractivity contribution < 1.29 is 14.6 Å². The number of allylic oxidation sites excluding steroid dienone is 1. The van der Waals surface area contributed by atoms with Gasteiger partial charge in [-0.25, -0.2) is 4.79 Å². The molecule has 0 aliphatic heterocycles. The third-order valence-electron chi connectivity index (χ3n) is 2.07. The van der Waals surface area contributed by atoms with Gasteiger partial charge in [-0.15, -0.1) is 6.58 Å². The number of aromatic hydroxyl groups is 1. The summed E-state index contributed by atoms with van der Waals surface area (Å²) in [6, 6.07) is 2.91. The van der Waals surface area contributed by atoms with Crippen molar-refractivity contribution in [3.05, 3.63) is 53.6 Å². The second-order valence-corrected chi connectivity index (χ2v) is 3.75. The van der Waals surface area contributed by atoms with Crippen molar-refractivity contribution in [3.8, 4) is 5.75 Å². The number of phenols is 1. The minimum Gasteiger partial charge on any atom is -0.506 e. The second-order valence-electron chi connectivity index (χ2n) is 3.35. The topological polar surface area (TPSA) is 46.5 Å². The summed E-state index contributed by atoms with van der Waals surface area (Å²) in [7, 11) is 0. The Kier molecular flexibility index (Phi) is 4.79. The number of ether oxygens (including phenoxy) is 1. The van der Waals surface area contributed by atoms with E-state index in [1.54, 1.807) is 6.08 Å². The van der Waals surface area contributed by atoms with Gasteiger partial charge in [0.15, 0.2) is 0 Å². The summed E-state index contributed by atoms with van der Waals surface area (Å²) >= 11 is 5.82. The molecule has 0 aliphatic rings. The monoisotopic (exact) mass is 252 g/mol. The van der Waals surface area contributed by atoms with Gasteiger partial charge in [-0.05, 0) is 18.6 Å². The fourth-order valence-electron chi connectivity index (χ4n) is 1.30. The first-order valence-corrected chi connectivity index (χ1v) is 5.38. The number of carbonyl (C=O) groups excluding carboxylic acids is 1. The minimum atomic E-state index is -0.503. The second kappa shape index (κ2) is 6.11. The Bertz CT molecular complexity index is 452. The van der Waals surface area contributed by atoms with Crippen molar-refractivity contribution in [1.29, 1.82) is 0 Å². The van der Waals surface area contributed by atoms with Crippen LogP contribution in [-0.4, -0.2) is 17.7 Å². The summed E-state index contributed by atoms with van der Waals surface area (Å²) in [5.41, 5.74) is 0.838. The smallest absolute Gasteiger partial charge is 0.338 e. The fraction of sp³-hybridized carbons (Fsp3) is 0.154. The summed E-state index contributed by atoms with van der Waals surface area (Å²) in [5, 5.41) is 9.78. The first-order valence-electron chi connectivity index (χ1n) is 5.00. The molecule has 1 aromatic rings. The molecule has 0 radical (unpaired) electrons. The van der Waals surface area contributed by atoms with Crippen molar-refractivity contribution >= 4 is 17.6 Å². The number of benzene rings is 1. The van der Waals surface area contributed by atoms with Crippen LogP contribution in [0.5, 0.6) is 5.75 Å². The Hall–Kier alpha value is -1.74. The Morgan fingerprint density at radius 2 is 2.12 bits per heavy atom. The molecule has 3 nitrogen and oxygen atoms in total. The molecule has 0 spiro atoms. The van der Waals surface area contributed by atoms with Crippen LogP contribution in [-0.2, 0) is 11.2 Å². The van der Waals surface area contributed by atoms with Gasteiger partial charge in [0.2, 0.25) is 0 Å². The van der Waals surface area contributed by atoms with Crippen LogP contribution < -0.4 is 0 Å². The van der Waals surface area contributed by atoms with Gasteiger partial charge >= 0.3 is 5.97 Å². The summed E-state index contributed by atoms with van der Waals surface area (Å²) in [6.07, 6.45) is 3.52. The van der Waals surface area contributed by atoms with Gasteiger partial charge in [0, 0.05) is 5.56 Å². The molecule has 0 atom stereocenters. The number of carbonyl (C=O) groups is 1. The van der Waals surface area contributed by atoms with E-state index in [0.717, 1.165) is 0 Å². The number of hydrogen-bond acceptors (Lipinski definition) is 3. The Balaban J connectivity index is 3.04. The van der Waals surface area contributed by atoms with Gasteiger partial charge in [0.1, 0.15) is 12.4 Å². The minimum absolute atomic E-state index is 0.0353. The maximum atomic E-state index is 11.6. The molecular formula is C13H13ClO3. The Morgan fingerprint density at radius 3 is 2.71 bits per heavy atom. The van der Waals surface area contributed by atoms with Gasteiger partial charge in [-0.1, -0.05) is 30.3 Å². The lowest BCUT2D eigenvalue weighted by Gasteiger charge is -2.08. The Morgan fingerprint density at radius 1 is 1.41 bits per heavy atom. The van der Waals surface area contributed by atoms with E-state index in [2.05, 4.69) is 13.2 Å². The summed E-state index contributed by atoms with van der Waals surface area (Å²) in [5.74, 6) is -0.538. The molecule has 0 heterocycles. The van der Waals surface area contributed by atoms with Crippen molar-refractivity contribution in [2.75, 3.05) is 6.61 Å². The average molecular weight is 253 g/mol. The van der Waals surface area contributed by atoms with Crippen LogP contribution in [0.3, 0.4) is 0 Å². The molecule has 1 aromatic carbocycles. The van der Waals surface area contributed by atoms with Crippen LogP contribution in [0.2, 0.25) is 5.02 Å². The maximum absolute atomic E-state index is 11.6. The summed E-state index contributed by atoms with van der Waals surface area (Å²) in [4.78, 5) is 11.6. The van der Waals surface area contributed by atoms with E-state index in [-0.39, 0.29) is 17.4 Å². The molecule has 0 aliphatic carbocycles. The summed E-state index contributed by atoms with van der Waals surface area (Å²) in [6.45, 7) is 7.15. The van der Waals surface area contributed by atoms with E-state index in [9.17, 15) is 9.90 Å². The predicted molar refractivity (Wildman–Crippen MR) is 67.5 cm³/mol. The van der Waals surface area contributed by atoms with Crippen molar-refractivity contribution in [3.63, 3.8) is 0 Å². The molecular weight excluding hydrogens is 240 g/mol. The molecule has 0 unspecified atom stereocenters. The SMILES string of the molecule is C=CCOC(=O)c1cc(Cl)c(O)c(CC=C)c1. The third-order valence-corrected chi connectivity index (χ3v) is 2.36.